The summed E-state index contributed by atoms with van der Waals surface area (Å²) in [6.45, 7) is 11.8. The highest BCUT2D eigenvalue weighted by molar-refractivity contribution is 7.09. The average Bonchev–Trinajstić information content (AvgIpc) is 3.15. The van der Waals surface area contributed by atoms with Crippen LogP contribution in [-0.4, -0.2) is 38.4 Å². The first-order chi connectivity index (χ1) is 11.5. The molecule has 0 aliphatic carbocycles. The molecular weight excluding hydrogens is 322 g/mol. The van der Waals surface area contributed by atoms with Gasteiger partial charge in [-0.2, -0.15) is 9.47 Å². The van der Waals surface area contributed by atoms with Crippen LogP contribution < -0.4 is 4.90 Å². The third-order valence-corrected chi connectivity index (χ3v) is 5.41. The Morgan fingerprint density at radius 1 is 1.38 bits per heavy atom. The molecule has 0 aromatic carbocycles. The molecule has 1 saturated heterocycles. The monoisotopic (exact) mass is 349 g/mol. The zero-order valence-corrected chi connectivity index (χ0v) is 15.8. The molecule has 2 aromatic heterocycles. The van der Waals surface area contributed by atoms with Gasteiger partial charge in [0.25, 0.3) is 0 Å². The molecule has 0 saturated carbocycles. The van der Waals surface area contributed by atoms with E-state index in [2.05, 4.69) is 46.3 Å². The largest absolute Gasteiger partial charge is 0.376 e. The molecule has 1 aliphatic rings. The van der Waals surface area contributed by atoms with Crippen molar-refractivity contribution < 1.29 is 4.74 Å². The van der Waals surface area contributed by atoms with Crippen LogP contribution in [0.3, 0.4) is 0 Å². The maximum absolute atomic E-state index is 6.04. The summed E-state index contributed by atoms with van der Waals surface area (Å²) in [5.41, 5.74) is 2.33. The van der Waals surface area contributed by atoms with Crippen LogP contribution in [0.2, 0.25) is 0 Å². The lowest BCUT2D eigenvalue weighted by Crippen LogP contribution is -2.37. The minimum Gasteiger partial charge on any atom is -0.376 e. The van der Waals surface area contributed by atoms with E-state index >= 15 is 0 Å². The second-order valence-electron chi connectivity index (χ2n) is 6.74. The molecule has 3 heterocycles. The maximum Gasteiger partial charge on any atom is 0.205 e. The van der Waals surface area contributed by atoms with E-state index in [-0.39, 0.29) is 6.10 Å². The number of hydrogen-bond donors (Lipinski definition) is 0. The van der Waals surface area contributed by atoms with Crippen molar-refractivity contribution in [3.05, 3.63) is 23.3 Å². The van der Waals surface area contributed by atoms with Crippen LogP contribution in [-0.2, 0) is 17.8 Å². The molecule has 2 aromatic rings. The van der Waals surface area contributed by atoms with Crippen LogP contribution in [0, 0.1) is 19.8 Å². The molecular formula is C17H27N5OS. The number of hydrogen-bond acceptors (Lipinski definition) is 6. The second kappa shape index (κ2) is 7.61. The predicted octanol–water partition coefficient (Wildman–Crippen LogP) is 3.19. The Morgan fingerprint density at radius 3 is 2.79 bits per heavy atom. The Morgan fingerprint density at radius 2 is 2.21 bits per heavy atom. The molecule has 0 amide bonds. The first kappa shape index (κ1) is 17.4. The van der Waals surface area contributed by atoms with E-state index in [1.54, 1.807) is 0 Å². The van der Waals surface area contributed by atoms with Crippen LogP contribution in [0.25, 0.3) is 0 Å². The summed E-state index contributed by atoms with van der Waals surface area (Å²) in [5, 5.41) is 5.53. The van der Waals surface area contributed by atoms with E-state index in [0.717, 1.165) is 49.3 Å². The van der Waals surface area contributed by atoms with Gasteiger partial charge in [-0.15, -0.1) is 0 Å². The summed E-state index contributed by atoms with van der Waals surface area (Å²) < 4.78 is 12.4. The Hall–Kier alpha value is -1.47. The summed E-state index contributed by atoms with van der Waals surface area (Å²) in [4.78, 5) is 6.90. The van der Waals surface area contributed by atoms with Crippen molar-refractivity contribution in [2.75, 3.05) is 18.1 Å². The molecule has 0 bridgehead atoms. The number of anilines is 1. The highest BCUT2D eigenvalue weighted by Crippen LogP contribution is 2.25. The first-order valence-electron chi connectivity index (χ1n) is 8.75. The molecule has 6 nitrogen and oxygen atoms in total. The number of rotatable bonds is 6. The zero-order valence-electron chi connectivity index (χ0n) is 15.0. The normalized spacial score (nSPS) is 21.2. The van der Waals surface area contributed by atoms with E-state index in [9.17, 15) is 0 Å². The highest BCUT2D eigenvalue weighted by atomic mass is 32.1. The van der Waals surface area contributed by atoms with Gasteiger partial charge < -0.3 is 9.64 Å². The number of nitrogens with zero attached hydrogens (tertiary/aromatic N) is 5. The van der Waals surface area contributed by atoms with Crippen molar-refractivity contribution >= 4 is 16.7 Å². The van der Waals surface area contributed by atoms with Gasteiger partial charge in [-0.3, -0.25) is 4.68 Å². The quantitative estimate of drug-likeness (QED) is 0.801. The Bertz CT molecular complexity index is 660. The molecule has 0 radical (unpaired) electrons. The predicted molar refractivity (Wildman–Crippen MR) is 96.5 cm³/mol. The molecule has 1 fully saturated rings. The van der Waals surface area contributed by atoms with Gasteiger partial charge >= 0.3 is 0 Å². The van der Waals surface area contributed by atoms with Crippen LogP contribution >= 0.6 is 11.5 Å². The molecule has 3 rings (SSSR count). The number of aromatic nitrogens is 4. The van der Waals surface area contributed by atoms with Crippen LogP contribution in [0.15, 0.2) is 6.20 Å². The zero-order chi connectivity index (χ0) is 17.1. The van der Waals surface area contributed by atoms with E-state index < -0.39 is 0 Å². The van der Waals surface area contributed by atoms with E-state index in [4.69, 9.17) is 4.74 Å². The van der Waals surface area contributed by atoms with Crippen molar-refractivity contribution in [3.8, 4) is 0 Å². The smallest absolute Gasteiger partial charge is 0.205 e. The highest BCUT2D eigenvalue weighted by Gasteiger charge is 2.24. The van der Waals surface area contributed by atoms with Gasteiger partial charge in [0.2, 0.25) is 5.13 Å². The fourth-order valence-electron chi connectivity index (χ4n) is 3.03. The summed E-state index contributed by atoms with van der Waals surface area (Å²) >= 11 is 1.47. The Kier molecular flexibility index (Phi) is 5.50. The van der Waals surface area contributed by atoms with Crippen molar-refractivity contribution in [2.24, 2.45) is 5.92 Å². The SMILES string of the molecule is CCn1cc(CN(C[C@@H]2CC[C@@H](C)CO2)c2nc(C)ns2)c(C)n1. The summed E-state index contributed by atoms with van der Waals surface area (Å²) in [7, 11) is 0. The maximum atomic E-state index is 6.04. The fourth-order valence-corrected chi connectivity index (χ4v) is 3.72. The third kappa shape index (κ3) is 4.13. The number of ether oxygens (including phenoxy) is 1. The topological polar surface area (TPSA) is 56.1 Å². The van der Waals surface area contributed by atoms with E-state index in [1.165, 1.54) is 23.5 Å². The molecule has 0 spiro atoms. The van der Waals surface area contributed by atoms with Crippen molar-refractivity contribution in [1.82, 2.24) is 19.1 Å². The molecule has 132 valence electrons. The van der Waals surface area contributed by atoms with Gasteiger partial charge in [-0.05, 0) is 39.5 Å². The molecule has 24 heavy (non-hydrogen) atoms. The number of aryl methyl sites for hydroxylation is 3. The van der Waals surface area contributed by atoms with E-state index in [1.807, 2.05) is 11.6 Å². The molecule has 0 N–H and O–H groups in total. The lowest BCUT2D eigenvalue weighted by molar-refractivity contribution is -0.00636. The van der Waals surface area contributed by atoms with Crippen LogP contribution in [0.4, 0.5) is 5.13 Å². The molecule has 0 unspecified atom stereocenters. The van der Waals surface area contributed by atoms with Gasteiger partial charge in [-0.25, -0.2) is 4.98 Å². The first-order valence-corrected chi connectivity index (χ1v) is 9.52. The van der Waals surface area contributed by atoms with Crippen LogP contribution in [0.5, 0.6) is 0 Å². The minimum atomic E-state index is 0.270. The fraction of sp³-hybridized carbons (Fsp3) is 0.706. The Labute approximate surface area is 148 Å². The van der Waals surface area contributed by atoms with Crippen molar-refractivity contribution in [3.63, 3.8) is 0 Å². The third-order valence-electron chi connectivity index (χ3n) is 4.54. The Balaban J connectivity index is 1.75. The van der Waals surface area contributed by atoms with Crippen LogP contribution in [0.1, 0.15) is 43.8 Å². The molecule has 2 atom stereocenters. The van der Waals surface area contributed by atoms with Crippen molar-refractivity contribution in [1.29, 1.82) is 0 Å². The standard InChI is InChI=1S/C17H27N5OS/c1-5-22-9-15(13(3)19-22)8-21(17-18-14(4)20-24-17)10-16-7-6-12(2)11-23-16/h9,12,16H,5-8,10-11H2,1-4H3/t12-,16+/m1/s1. The summed E-state index contributed by atoms with van der Waals surface area (Å²) in [6, 6.07) is 0. The molecule has 1 aliphatic heterocycles. The lowest BCUT2D eigenvalue weighted by Gasteiger charge is -2.31. The van der Waals surface area contributed by atoms with Gasteiger partial charge in [0.15, 0.2) is 0 Å². The summed E-state index contributed by atoms with van der Waals surface area (Å²) in [5.74, 6) is 1.50. The average molecular weight is 350 g/mol. The van der Waals surface area contributed by atoms with Gasteiger partial charge in [0.1, 0.15) is 5.82 Å². The van der Waals surface area contributed by atoms with Gasteiger partial charge in [0.05, 0.1) is 11.8 Å². The second-order valence-corrected chi connectivity index (χ2v) is 7.47. The lowest BCUT2D eigenvalue weighted by atomic mass is 10.00. The molecule has 7 heteroatoms. The summed E-state index contributed by atoms with van der Waals surface area (Å²) in [6.07, 6.45) is 4.76. The van der Waals surface area contributed by atoms with E-state index in [0.29, 0.717) is 5.92 Å². The van der Waals surface area contributed by atoms with Gasteiger partial charge in [0, 0.05) is 49.5 Å². The van der Waals surface area contributed by atoms with Crippen molar-refractivity contribution in [2.45, 2.75) is 59.7 Å². The minimum absolute atomic E-state index is 0.270. The van der Waals surface area contributed by atoms with Gasteiger partial charge in [-0.1, -0.05) is 6.92 Å².